The second-order valence-corrected chi connectivity index (χ2v) is 3.50. The van der Waals surface area contributed by atoms with Crippen molar-refractivity contribution >= 4 is 22.7 Å². The summed E-state index contributed by atoms with van der Waals surface area (Å²) >= 11 is 0. The van der Waals surface area contributed by atoms with Gasteiger partial charge in [0.2, 0.25) is 0 Å². The lowest BCUT2D eigenvalue weighted by Gasteiger charge is -2.12. The van der Waals surface area contributed by atoms with Crippen molar-refractivity contribution in [1.29, 1.82) is 0 Å². The Hall–Kier alpha value is -1.66. The molecule has 0 bridgehead atoms. The van der Waals surface area contributed by atoms with Gasteiger partial charge in [0.25, 0.3) is 0 Å². The zero-order valence-corrected chi connectivity index (χ0v) is 7.62. The monoisotopic (exact) mass is 192 g/mol. The van der Waals surface area contributed by atoms with E-state index in [9.17, 15) is 0 Å². The van der Waals surface area contributed by atoms with Crippen LogP contribution >= 0.6 is 0 Å². The summed E-state index contributed by atoms with van der Waals surface area (Å²) in [7, 11) is 0. The summed E-state index contributed by atoms with van der Waals surface area (Å²) < 4.78 is 0. The average molecular weight is 192 g/mol. The normalized spacial score (nSPS) is 17.6. The minimum atomic E-state index is 0.642. The molecule has 0 aliphatic carbocycles. The Bertz CT molecular complexity index is 352. The van der Waals surface area contributed by atoms with Crippen LogP contribution in [0.25, 0.3) is 0 Å². The highest BCUT2D eigenvalue weighted by molar-refractivity contribution is 5.88. The molecule has 1 aromatic rings. The Labute approximate surface area is 81.4 Å². The number of hydrazine groups is 2. The van der Waals surface area contributed by atoms with Gasteiger partial charge in [0.1, 0.15) is 13.3 Å². The Morgan fingerprint density at radius 1 is 0.929 bits per heavy atom. The third kappa shape index (κ3) is 0.862. The van der Waals surface area contributed by atoms with Gasteiger partial charge in [0.15, 0.2) is 0 Å². The summed E-state index contributed by atoms with van der Waals surface area (Å²) in [5.74, 6) is 11.5. The standard InChI is InChI=1S/C8H12N6/c9-13-4-12-6-2-8-5(1-7(6)13)11-3-14(8)10/h1-2,11-12H,3-4,9-10H2. The minimum Gasteiger partial charge on any atom is -0.365 e. The van der Waals surface area contributed by atoms with Crippen molar-refractivity contribution in [2.75, 3.05) is 34.0 Å². The van der Waals surface area contributed by atoms with Gasteiger partial charge in [-0.2, -0.15) is 0 Å². The molecule has 2 aliphatic rings. The first kappa shape index (κ1) is 7.72. The Kier molecular flexibility index (Phi) is 1.34. The number of hydrogen-bond donors (Lipinski definition) is 4. The fraction of sp³-hybridized carbons (Fsp3) is 0.250. The number of nitrogens with zero attached hydrogens (tertiary/aromatic N) is 2. The van der Waals surface area contributed by atoms with Crippen LogP contribution in [-0.2, 0) is 0 Å². The van der Waals surface area contributed by atoms with Crippen LogP contribution in [-0.4, -0.2) is 13.3 Å². The van der Waals surface area contributed by atoms with Crippen LogP contribution in [0.5, 0.6) is 0 Å². The van der Waals surface area contributed by atoms with Gasteiger partial charge in [-0.1, -0.05) is 0 Å². The second-order valence-electron chi connectivity index (χ2n) is 3.50. The van der Waals surface area contributed by atoms with Gasteiger partial charge in [-0.25, -0.2) is 11.7 Å². The van der Waals surface area contributed by atoms with E-state index in [2.05, 4.69) is 10.6 Å². The number of hydrogen-bond acceptors (Lipinski definition) is 6. The Morgan fingerprint density at radius 2 is 1.36 bits per heavy atom. The fourth-order valence-corrected chi connectivity index (χ4v) is 1.85. The lowest BCUT2D eigenvalue weighted by Crippen LogP contribution is -2.30. The fourth-order valence-electron chi connectivity index (χ4n) is 1.85. The molecule has 6 N–H and O–H groups in total. The number of rotatable bonds is 0. The van der Waals surface area contributed by atoms with E-state index in [1.165, 1.54) is 0 Å². The second kappa shape index (κ2) is 2.43. The summed E-state index contributed by atoms with van der Waals surface area (Å²) in [5.41, 5.74) is 4.08. The molecule has 74 valence electrons. The molecule has 6 heteroatoms. The molecule has 3 rings (SSSR count). The lowest BCUT2D eigenvalue weighted by molar-refractivity contribution is 0.942. The van der Waals surface area contributed by atoms with Gasteiger partial charge in [0, 0.05) is 0 Å². The molecule has 0 saturated heterocycles. The van der Waals surface area contributed by atoms with E-state index in [0.717, 1.165) is 22.7 Å². The van der Waals surface area contributed by atoms with Gasteiger partial charge in [-0.3, -0.25) is 10.0 Å². The number of benzene rings is 1. The van der Waals surface area contributed by atoms with Crippen molar-refractivity contribution in [1.82, 2.24) is 0 Å². The minimum absolute atomic E-state index is 0.642. The molecule has 0 spiro atoms. The highest BCUT2D eigenvalue weighted by atomic mass is 15.5. The summed E-state index contributed by atoms with van der Waals surface area (Å²) in [6.07, 6.45) is 0. The summed E-state index contributed by atoms with van der Waals surface area (Å²) in [6.45, 7) is 1.28. The SMILES string of the molecule is NN1CNc2cc3c(cc21)NCN3N. The third-order valence-corrected chi connectivity index (χ3v) is 2.61. The van der Waals surface area contributed by atoms with E-state index in [0.29, 0.717) is 13.3 Å². The number of anilines is 4. The first-order chi connectivity index (χ1) is 6.75. The van der Waals surface area contributed by atoms with Crippen LogP contribution < -0.4 is 32.3 Å². The van der Waals surface area contributed by atoms with E-state index in [-0.39, 0.29) is 0 Å². The number of nitrogens with two attached hydrogens (primary N) is 2. The number of nitrogens with one attached hydrogen (secondary N) is 2. The molecule has 0 radical (unpaired) electrons. The van der Waals surface area contributed by atoms with E-state index in [1.807, 2.05) is 12.1 Å². The van der Waals surface area contributed by atoms with Gasteiger partial charge >= 0.3 is 0 Å². The third-order valence-electron chi connectivity index (χ3n) is 2.61. The molecule has 14 heavy (non-hydrogen) atoms. The molecule has 0 unspecified atom stereocenters. The predicted molar refractivity (Wildman–Crippen MR) is 56.8 cm³/mol. The first-order valence-electron chi connectivity index (χ1n) is 4.46. The maximum absolute atomic E-state index is 5.77. The molecule has 0 aromatic heterocycles. The van der Waals surface area contributed by atoms with Crippen molar-refractivity contribution in [3.05, 3.63) is 12.1 Å². The predicted octanol–water partition coefficient (Wildman–Crippen LogP) is -0.187. The quantitative estimate of drug-likeness (QED) is 0.427. The average Bonchev–Trinajstić information content (AvgIpc) is 2.71. The maximum Gasteiger partial charge on any atom is 0.103 e. The summed E-state index contributed by atoms with van der Waals surface area (Å²) in [6, 6.07) is 4.02. The highest BCUT2D eigenvalue weighted by Gasteiger charge is 2.23. The molecule has 1 aromatic carbocycles. The molecule has 0 amide bonds. The first-order valence-corrected chi connectivity index (χ1v) is 4.46. The van der Waals surface area contributed by atoms with Gasteiger partial charge < -0.3 is 10.6 Å². The summed E-state index contributed by atoms with van der Waals surface area (Å²) in [5, 5.41) is 9.74. The van der Waals surface area contributed by atoms with Crippen molar-refractivity contribution < 1.29 is 0 Å². The molecule has 0 fully saturated rings. The van der Waals surface area contributed by atoms with Gasteiger partial charge in [0.05, 0.1) is 22.7 Å². The smallest absolute Gasteiger partial charge is 0.103 e. The largest absolute Gasteiger partial charge is 0.365 e. The lowest BCUT2D eigenvalue weighted by atomic mass is 10.2. The molecular weight excluding hydrogens is 180 g/mol. The van der Waals surface area contributed by atoms with Crippen LogP contribution in [0.1, 0.15) is 0 Å². The van der Waals surface area contributed by atoms with Gasteiger partial charge in [-0.15, -0.1) is 0 Å². The zero-order chi connectivity index (χ0) is 9.71. The van der Waals surface area contributed by atoms with Crippen LogP contribution in [0, 0.1) is 0 Å². The van der Waals surface area contributed by atoms with Gasteiger partial charge in [-0.05, 0) is 12.1 Å². The van der Waals surface area contributed by atoms with Crippen molar-refractivity contribution in [3.63, 3.8) is 0 Å². The van der Waals surface area contributed by atoms with E-state index in [4.69, 9.17) is 11.7 Å². The molecule has 6 nitrogen and oxygen atoms in total. The number of fused-ring (bicyclic) bond motifs is 2. The molecule has 0 atom stereocenters. The zero-order valence-electron chi connectivity index (χ0n) is 7.62. The van der Waals surface area contributed by atoms with E-state index >= 15 is 0 Å². The molecule has 0 saturated carbocycles. The van der Waals surface area contributed by atoms with E-state index in [1.54, 1.807) is 10.0 Å². The molecular formula is C8H12N6. The highest BCUT2D eigenvalue weighted by Crippen LogP contribution is 2.40. The van der Waals surface area contributed by atoms with Crippen LogP contribution in [0.15, 0.2) is 12.1 Å². The van der Waals surface area contributed by atoms with Crippen molar-refractivity contribution in [2.24, 2.45) is 11.7 Å². The van der Waals surface area contributed by atoms with Crippen molar-refractivity contribution in [3.8, 4) is 0 Å². The topological polar surface area (TPSA) is 82.6 Å². The van der Waals surface area contributed by atoms with Crippen LogP contribution in [0.3, 0.4) is 0 Å². The van der Waals surface area contributed by atoms with Crippen molar-refractivity contribution in [2.45, 2.75) is 0 Å². The molecule has 2 heterocycles. The molecule has 2 aliphatic heterocycles. The summed E-state index contributed by atoms with van der Waals surface area (Å²) in [4.78, 5) is 0. The van der Waals surface area contributed by atoms with Crippen LogP contribution in [0.2, 0.25) is 0 Å². The van der Waals surface area contributed by atoms with E-state index < -0.39 is 0 Å². The Morgan fingerprint density at radius 3 is 1.79 bits per heavy atom. The Balaban J connectivity index is 2.15. The van der Waals surface area contributed by atoms with Crippen LogP contribution in [0.4, 0.5) is 22.7 Å². The maximum atomic E-state index is 5.77.